The van der Waals surface area contributed by atoms with Crippen molar-refractivity contribution in [2.45, 2.75) is 58.0 Å². The highest BCUT2D eigenvalue weighted by molar-refractivity contribution is 5.76. The maximum atomic E-state index is 12.6. The lowest BCUT2D eigenvalue weighted by atomic mass is 9.84. The molecule has 1 aromatic carbocycles. The Morgan fingerprint density at radius 1 is 1.29 bits per heavy atom. The van der Waals surface area contributed by atoms with Crippen LogP contribution in [0.1, 0.15) is 57.6 Å². The molecular weight excluding hydrogens is 260 g/mol. The maximum Gasteiger partial charge on any atom is 0.223 e. The minimum atomic E-state index is 0.0894. The van der Waals surface area contributed by atoms with Crippen LogP contribution in [0.4, 0.5) is 0 Å². The molecular formula is C18H28N2O. The van der Waals surface area contributed by atoms with Crippen LogP contribution in [-0.2, 0) is 4.79 Å². The smallest absolute Gasteiger partial charge is 0.223 e. The van der Waals surface area contributed by atoms with Crippen LogP contribution in [-0.4, -0.2) is 23.4 Å². The van der Waals surface area contributed by atoms with Crippen LogP contribution in [0.15, 0.2) is 30.3 Å². The SMILES string of the molecule is CC(N)CCC(=O)N(CC1CCC1)C(C)c1ccccc1. The largest absolute Gasteiger partial charge is 0.336 e. The van der Waals surface area contributed by atoms with Gasteiger partial charge in [-0.1, -0.05) is 36.8 Å². The molecule has 1 saturated carbocycles. The molecule has 3 nitrogen and oxygen atoms in total. The van der Waals surface area contributed by atoms with Gasteiger partial charge in [0.25, 0.3) is 0 Å². The first kappa shape index (κ1) is 16.0. The minimum absolute atomic E-state index is 0.0894. The zero-order chi connectivity index (χ0) is 15.2. The van der Waals surface area contributed by atoms with E-state index in [-0.39, 0.29) is 18.0 Å². The first-order chi connectivity index (χ1) is 10.1. The summed E-state index contributed by atoms with van der Waals surface area (Å²) in [5.74, 6) is 0.936. The van der Waals surface area contributed by atoms with Crippen LogP contribution in [0.5, 0.6) is 0 Å². The van der Waals surface area contributed by atoms with E-state index in [0.717, 1.165) is 13.0 Å². The summed E-state index contributed by atoms with van der Waals surface area (Å²) in [4.78, 5) is 14.7. The summed E-state index contributed by atoms with van der Waals surface area (Å²) < 4.78 is 0. The molecule has 2 unspecified atom stereocenters. The van der Waals surface area contributed by atoms with Gasteiger partial charge in [-0.25, -0.2) is 0 Å². The molecule has 0 bridgehead atoms. The molecule has 2 rings (SSSR count). The van der Waals surface area contributed by atoms with E-state index in [0.29, 0.717) is 12.3 Å². The lowest BCUT2D eigenvalue weighted by Gasteiger charge is -2.36. The van der Waals surface area contributed by atoms with Gasteiger partial charge in [0.1, 0.15) is 0 Å². The summed E-state index contributed by atoms with van der Waals surface area (Å²) in [6, 6.07) is 10.6. The zero-order valence-electron chi connectivity index (χ0n) is 13.3. The van der Waals surface area contributed by atoms with Crippen LogP contribution in [0.2, 0.25) is 0 Å². The van der Waals surface area contributed by atoms with Gasteiger partial charge in [-0.3, -0.25) is 4.79 Å². The van der Waals surface area contributed by atoms with Crippen LogP contribution in [0, 0.1) is 5.92 Å². The third-order valence-corrected chi connectivity index (χ3v) is 4.56. The van der Waals surface area contributed by atoms with Crippen molar-refractivity contribution in [3.8, 4) is 0 Å². The first-order valence-electron chi connectivity index (χ1n) is 8.18. The standard InChI is InChI=1S/C18H28N2O/c1-14(19)11-12-18(21)20(13-16-7-6-8-16)15(2)17-9-4-3-5-10-17/h3-5,9-10,14-16H,6-8,11-13,19H2,1-2H3. The third kappa shape index (κ3) is 4.57. The molecule has 0 saturated heterocycles. The molecule has 0 heterocycles. The molecule has 0 spiro atoms. The monoisotopic (exact) mass is 288 g/mol. The van der Waals surface area contributed by atoms with Crippen LogP contribution in [0.25, 0.3) is 0 Å². The lowest BCUT2D eigenvalue weighted by molar-refractivity contribution is -0.134. The highest BCUT2D eigenvalue weighted by Crippen LogP contribution is 2.31. The Bertz CT molecular complexity index is 440. The Morgan fingerprint density at radius 3 is 2.48 bits per heavy atom. The summed E-state index contributed by atoms with van der Waals surface area (Å²) in [5.41, 5.74) is 7.01. The molecule has 21 heavy (non-hydrogen) atoms. The Labute approximate surface area is 128 Å². The van der Waals surface area contributed by atoms with Gasteiger partial charge >= 0.3 is 0 Å². The summed E-state index contributed by atoms with van der Waals surface area (Å²) in [7, 11) is 0. The normalized spacial score (nSPS) is 17.9. The van der Waals surface area contributed by atoms with E-state index in [2.05, 4.69) is 24.0 Å². The number of carbonyl (C=O) groups is 1. The molecule has 0 aliphatic heterocycles. The topological polar surface area (TPSA) is 46.3 Å². The van der Waals surface area contributed by atoms with E-state index >= 15 is 0 Å². The van der Waals surface area contributed by atoms with Gasteiger partial charge in [0, 0.05) is 19.0 Å². The first-order valence-corrected chi connectivity index (χ1v) is 8.18. The van der Waals surface area contributed by atoms with Crippen molar-refractivity contribution in [2.24, 2.45) is 11.7 Å². The highest BCUT2D eigenvalue weighted by atomic mass is 16.2. The Morgan fingerprint density at radius 2 is 1.95 bits per heavy atom. The second-order valence-electron chi connectivity index (χ2n) is 6.45. The van der Waals surface area contributed by atoms with Crippen molar-refractivity contribution in [3.05, 3.63) is 35.9 Å². The fourth-order valence-electron chi connectivity index (χ4n) is 2.84. The van der Waals surface area contributed by atoms with E-state index in [1.807, 2.05) is 25.1 Å². The van der Waals surface area contributed by atoms with Gasteiger partial charge in [0.05, 0.1) is 6.04 Å². The van der Waals surface area contributed by atoms with Crippen LogP contribution >= 0.6 is 0 Å². The number of carbonyl (C=O) groups excluding carboxylic acids is 1. The van der Waals surface area contributed by atoms with Crippen molar-refractivity contribution in [1.29, 1.82) is 0 Å². The molecule has 1 amide bonds. The quantitative estimate of drug-likeness (QED) is 0.834. The third-order valence-electron chi connectivity index (χ3n) is 4.56. The van der Waals surface area contributed by atoms with Gasteiger partial charge in [0.15, 0.2) is 0 Å². The Kier molecular flexibility index (Phi) is 5.80. The number of hydrogen-bond acceptors (Lipinski definition) is 2. The molecule has 116 valence electrons. The van der Waals surface area contributed by atoms with Crippen molar-refractivity contribution in [3.63, 3.8) is 0 Å². The summed E-state index contributed by atoms with van der Waals surface area (Å²) in [6.45, 7) is 5.00. The average Bonchev–Trinajstić information content (AvgIpc) is 2.44. The molecule has 2 N–H and O–H groups in total. The fraction of sp³-hybridized carbons (Fsp3) is 0.611. The molecule has 1 aliphatic rings. The summed E-state index contributed by atoms with van der Waals surface area (Å²) in [6.07, 6.45) is 5.16. The van der Waals surface area contributed by atoms with Gasteiger partial charge < -0.3 is 10.6 Å². The second kappa shape index (κ2) is 7.60. The predicted octanol–water partition coefficient (Wildman–Crippen LogP) is 3.50. The van der Waals surface area contributed by atoms with Gasteiger partial charge in [0.2, 0.25) is 5.91 Å². The van der Waals surface area contributed by atoms with Crippen molar-refractivity contribution in [2.75, 3.05) is 6.54 Å². The van der Waals surface area contributed by atoms with Crippen molar-refractivity contribution in [1.82, 2.24) is 4.90 Å². The van der Waals surface area contributed by atoms with Crippen LogP contribution < -0.4 is 5.73 Å². The molecule has 1 aliphatic carbocycles. The molecule has 3 heteroatoms. The molecule has 1 fully saturated rings. The van der Waals surface area contributed by atoms with Crippen molar-refractivity contribution < 1.29 is 4.79 Å². The number of amides is 1. The Balaban J connectivity index is 2.05. The van der Waals surface area contributed by atoms with Gasteiger partial charge in [-0.15, -0.1) is 0 Å². The fourth-order valence-corrected chi connectivity index (χ4v) is 2.84. The average molecular weight is 288 g/mol. The number of benzene rings is 1. The number of rotatable bonds is 7. The zero-order valence-corrected chi connectivity index (χ0v) is 13.3. The highest BCUT2D eigenvalue weighted by Gasteiger charge is 2.27. The number of nitrogens with two attached hydrogens (primary N) is 1. The second-order valence-corrected chi connectivity index (χ2v) is 6.45. The summed E-state index contributed by atoms with van der Waals surface area (Å²) in [5, 5.41) is 0. The van der Waals surface area contributed by atoms with Gasteiger partial charge in [-0.2, -0.15) is 0 Å². The molecule has 1 aromatic rings. The van der Waals surface area contributed by atoms with E-state index in [1.165, 1.54) is 24.8 Å². The maximum absolute atomic E-state index is 12.6. The van der Waals surface area contributed by atoms with E-state index in [1.54, 1.807) is 0 Å². The molecule has 2 atom stereocenters. The van der Waals surface area contributed by atoms with Gasteiger partial charge in [-0.05, 0) is 44.6 Å². The Hall–Kier alpha value is -1.35. The lowest BCUT2D eigenvalue weighted by Crippen LogP contribution is -2.39. The van der Waals surface area contributed by atoms with Crippen molar-refractivity contribution >= 4 is 5.91 Å². The van der Waals surface area contributed by atoms with E-state index in [4.69, 9.17) is 5.73 Å². The molecule has 0 aromatic heterocycles. The molecule has 0 radical (unpaired) electrons. The number of nitrogens with zero attached hydrogens (tertiary/aromatic N) is 1. The predicted molar refractivity (Wildman–Crippen MR) is 86.8 cm³/mol. The summed E-state index contributed by atoms with van der Waals surface area (Å²) >= 11 is 0. The van der Waals surface area contributed by atoms with Crippen LogP contribution in [0.3, 0.4) is 0 Å². The minimum Gasteiger partial charge on any atom is -0.336 e. The van der Waals surface area contributed by atoms with E-state index < -0.39 is 0 Å². The number of hydrogen-bond donors (Lipinski definition) is 1. The van der Waals surface area contributed by atoms with E-state index in [9.17, 15) is 4.79 Å².